The summed E-state index contributed by atoms with van der Waals surface area (Å²) in [6.07, 6.45) is 0. The van der Waals surface area contributed by atoms with Crippen molar-refractivity contribution in [3.63, 3.8) is 0 Å². The van der Waals surface area contributed by atoms with Crippen LogP contribution < -0.4 is 5.32 Å². The van der Waals surface area contributed by atoms with E-state index in [1.807, 2.05) is 6.92 Å². The average Bonchev–Trinajstić information content (AvgIpc) is 2.58. The van der Waals surface area contributed by atoms with E-state index in [1.165, 1.54) is 12.1 Å². The fourth-order valence-corrected chi connectivity index (χ4v) is 1.91. The lowest BCUT2D eigenvalue weighted by Crippen LogP contribution is -2.20. The number of nitrogens with zero attached hydrogens (tertiary/aromatic N) is 2. The van der Waals surface area contributed by atoms with Crippen molar-refractivity contribution in [1.29, 1.82) is 0 Å². The molecule has 2 aromatic carbocycles. The third-order valence-corrected chi connectivity index (χ3v) is 3.11. The molecular weight excluding hydrogens is 310 g/mol. The monoisotopic (exact) mass is 329 g/mol. The second-order valence-electron chi connectivity index (χ2n) is 4.88. The van der Waals surface area contributed by atoms with Crippen LogP contribution in [0.15, 0.2) is 52.7 Å². The second kappa shape index (κ2) is 8.64. The van der Waals surface area contributed by atoms with E-state index < -0.39 is 5.97 Å². The van der Waals surface area contributed by atoms with Gasteiger partial charge in [0.25, 0.3) is 0 Å². The van der Waals surface area contributed by atoms with Gasteiger partial charge >= 0.3 is 5.97 Å². The minimum Gasteiger partial charge on any atom is -0.508 e. The number of esters is 1. The van der Waals surface area contributed by atoms with Crippen LogP contribution in [0, 0.1) is 0 Å². The number of carbonyl (C=O) groups excluding carboxylic acids is 1. The van der Waals surface area contributed by atoms with Crippen molar-refractivity contribution in [2.45, 2.75) is 6.92 Å². The first-order valence-electron chi connectivity index (χ1n) is 7.52. The topological polar surface area (TPSA) is 104 Å². The molecule has 0 radical (unpaired) electrons. The van der Waals surface area contributed by atoms with Gasteiger partial charge in [-0.05, 0) is 30.8 Å². The first-order chi connectivity index (χ1) is 11.6. The van der Waals surface area contributed by atoms with Crippen molar-refractivity contribution >= 4 is 17.3 Å². The van der Waals surface area contributed by atoms with Crippen molar-refractivity contribution in [3.8, 4) is 11.5 Å². The molecule has 7 nitrogen and oxygen atoms in total. The van der Waals surface area contributed by atoms with Crippen LogP contribution in [0.5, 0.6) is 11.5 Å². The smallest absolute Gasteiger partial charge is 0.340 e. The SMILES string of the molecule is CCNCCOC(=O)c1ccccc1/N=N/c1ccc(O)cc1O. The molecular formula is C17H19N3O4. The molecule has 0 aliphatic carbocycles. The Balaban J connectivity index is 2.13. The summed E-state index contributed by atoms with van der Waals surface area (Å²) in [5.74, 6) is -0.766. The van der Waals surface area contributed by atoms with Crippen LogP contribution in [-0.4, -0.2) is 35.9 Å². The molecule has 0 aliphatic rings. The van der Waals surface area contributed by atoms with Crippen molar-refractivity contribution < 1.29 is 19.7 Å². The van der Waals surface area contributed by atoms with Crippen LogP contribution in [0.3, 0.4) is 0 Å². The fraction of sp³-hybridized carbons (Fsp3) is 0.235. The van der Waals surface area contributed by atoms with Gasteiger partial charge in [0.05, 0.1) is 5.56 Å². The quantitative estimate of drug-likeness (QED) is 0.411. The summed E-state index contributed by atoms with van der Waals surface area (Å²) in [5.41, 5.74) is 0.803. The average molecular weight is 329 g/mol. The number of ether oxygens (including phenoxy) is 1. The highest BCUT2D eigenvalue weighted by molar-refractivity contribution is 5.94. The number of aromatic hydroxyl groups is 2. The summed E-state index contributed by atoms with van der Waals surface area (Å²) in [7, 11) is 0. The predicted octanol–water partition coefficient (Wildman–Crippen LogP) is 3.28. The summed E-state index contributed by atoms with van der Waals surface area (Å²) >= 11 is 0. The highest BCUT2D eigenvalue weighted by Gasteiger charge is 2.12. The molecule has 0 spiro atoms. The van der Waals surface area contributed by atoms with Gasteiger partial charge in [-0.2, -0.15) is 0 Å². The van der Waals surface area contributed by atoms with Crippen LogP contribution in [0.4, 0.5) is 11.4 Å². The molecule has 7 heteroatoms. The molecule has 0 saturated carbocycles. The maximum absolute atomic E-state index is 12.1. The molecule has 0 aromatic heterocycles. The minimum absolute atomic E-state index is 0.0730. The van der Waals surface area contributed by atoms with E-state index in [-0.39, 0.29) is 29.4 Å². The van der Waals surface area contributed by atoms with E-state index in [4.69, 9.17) is 4.74 Å². The lowest BCUT2D eigenvalue weighted by atomic mass is 10.2. The molecule has 3 N–H and O–H groups in total. The highest BCUT2D eigenvalue weighted by atomic mass is 16.5. The normalized spacial score (nSPS) is 10.9. The Labute approximate surface area is 139 Å². The van der Waals surface area contributed by atoms with E-state index in [0.29, 0.717) is 12.2 Å². The van der Waals surface area contributed by atoms with Crippen molar-refractivity contribution in [3.05, 3.63) is 48.0 Å². The predicted molar refractivity (Wildman–Crippen MR) is 89.2 cm³/mol. The summed E-state index contributed by atoms with van der Waals surface area (Å²) < 4.78 is 5.18. The number of phenols is 2. The molecule has 126 valence electrons. The third kappa shape index (κ3) is 4.79. The number of carbonyl (C=O) groups is 1. The molecule has 0 bridgehead atoms. The van der Waals surface area contributed by atoms with Gasteiger partial charge in [-0.1, -0.05) is 19.1 Å². The summed E-state index contributed by atoms with van der Waals surface area (Å²) in [4.78, 5) is 12.1. The third-order valence-electron chi connectivity index (χ3n) is 3.11. The van der Waals surface area contributed by atoms with Crippen molar-refractivity contribution in [2.75, 3.05) is 19.7 Å². The minimum atomic E-state index is -0.489. The summed E-state index contributed by atoms with van der Waals surface area (Å²) in [5, 5.41) is 29.9. The Morgan fingerprint density at radius 2 is 1.88 bits per heavy atom. The highest BCUT2D eigenvalue weighted by Crippen LogP contribution is 2.31. The van der Waals surface area contributed by atoms with Gasteiger partial charge in [0.1, 0.15) is 29.5 Å². The number of benzene rings is 2. The Kier molecular flexibility index (Phi) is 6.27. The Morgan fingerprint density at radius 3 is 2.62 bits per heavy atom. The van der Waals surface area contributed by atoms with Gasteiger partial charge in [-0.25, -0.2) is 4.79 Å². The van der Waals surface area contributed by atoms with Crippen LogP contribution in [-0.2, 0) is 4.74 Å². The van der Waals surface area contributed by atoms with E-state index in [9.17, 15) is 15.0 Å². The van der Waals surface area contributed by atoms with Crippen LogP contribution in [0.1, 0.15) is 17.3 Å². The molecule has 0 heterocycles. The van der Waals surface area contributed by atoms with Crippen LogP contribution >= 0.6 is 0 Å². The van der Waals surface area contributed by atoms with Gasteiger partial charge < -0.3 is 20.3 Å². The van der Waals surface area contributed by atoms with E-state index in [2.05, 4.69) is 15.5 Å². The maximum Gasteiger partial charge on any atom is 0.340 e. The first-order valence-corrected chi connectivity index (χ1v) is 7.52. The zero-order valence-corrected chi connectivity index (χ0v) is 13.3. The molecule has 0 amide bonds. The molecule has 2 rings (SSSR count). The number of hydrogen-bond acceptors (Lipinski definition) is 7. The Hall–Kier alpha value is -2.93. The molecule has 24 heavy (non-hydrogen) atoms. The number of azo groups is 1. The number of rotatable bonds is 7. The lowest BCUT2D eigenvalue weighted by molar-refractivity contribution is 0.0510. The largest absolute Gasteiger partial charge is 0.508 e. The van der Waals surface area contributed by atoms with E-state index >= 15 is 0 Å². The molecule has 0 fully saturated rings. The molecule has 0 atom stereocenters. The van der Waals surface area contributed by atoms with Crippen molar-refractivity contribution in [2.24, 2.45) is 10.2 Å². The lowest BCUT2D eigenvalue weighted by Gasteiger charge is -2.06. The standard InChI is InChI=1S/C17H19N3O4/c1-2-18-9-10-24-17(23)13-5-3-4-6-14(13)19-20-15-8-7-12(21)11-16(15)22/h3-8,11,18,21-22H,2,9-10H2,1H3/b20-19+. The molecule has 0 saturated heterocycles. The van der Waals surface area contributed by atoms with Gasteiger partial charge in [0.2, 0.25) is 0 Å². The van der Waals surface area contributed by atoms with Gasteiger partial charge in [0.15, 0.2) is 0 Å². The zero-order chi connectivity index (χ0) is 17.4. The fourth-order valence-electron chi connectivity index (χ4n) is 1.91. The Bertz CT molecular complexity index is 732. The first kappa shape index (κ1) is 17.4. The maximum atomic E-state index is 12.1. The van der Waals surface area contributed by atoms with Gasteiger partial charge in [-0.15, -0.1) is 10.2 Å². The summed E-state index contributed by atoms with van der Waals surface area (Å²) in [6, 6.07) is 10.6. The van der Waals surface area contributed by atoms with E-state index in [1.54, 1.807) is 24.3 Å². The zero-order valence-electron chi connectivity index (χ0n) is 13.3. The second-order valence-corrected chi connectivity index (χ2v) is 4.88. The number of hydrogen-bond donors (Lipinski definition) is 3. The molecule has 0 aliphatic heterocycles. The number of phenolic OH excluding ortho intramolecular Hbond substituents is 2. The van der Waals surface area contributed by atoms with E-state index in [0.717, 1.165) is 12.6 Å². The van der Waals surface area contributed by atoms with Crippen molar-refractivity contribution in [1.82, 2.24) is 5.32 Å². The molecule has 0 unspecified atom stereocenters. The van der Waals surface area contributed by atoms with Gasteiger partial charge in [-0.3, -0.25) is 0 Å². The Morgan fingerprint density at radius 1 is 1.12 bits per heavy atom. The van der Waals surface area contributed by atoms with Crippen LogP contribution in [0.25, 0.3) is 0 Å². The number of likely N-dealkylation sites (N-methyl/N-ethyl adjacent to an activating group) is 1. The molecule has 2 aromatic rings. The summed E-state index contributed by atoms with van der Waals surface area (Å²) in [6.45, 7) is 3.61. The number of nitrogens with one attached hydrogen (secondary N) is 1. The van der Waals surface area contributed by atoms with Gasteiger partial charge in [0, 0.05) is 12.6 Å². The van der Waals surface area contributed by atoms with Crippen LogP contribution in [0.2, 0.25) is 0 Å².